The summed E-state index contributed by atoms with van der Waals surface area (Å²) in [6.07, 6.45) is 3.75. The molecule has 1 aliphatic carbocycles. The van der Waals surface area contributed by atoms with Crippen molar-refractivity contribution in [3.63, 3.8) is 0 Å². The molecule has 0 unspecified atom stereocenters. The van der Waals surface area contributed by atoms with Gasteiger partial charge >= 0.3 is 0 Å². The van der Waals surface area contributed by atoms with Gasteiger partial charge in [0, 0.05) is 12.3 Å². The highest BCUT2D eigenvalue weighted by atomic mass is 16.1. The summed E-state index contributed by atoms with van der Waals surface area (Å²) in [6.45, 7) is 7.96. The van der Waals surface area contributed by atoms with Crippen LogP contribution in [0.2, 0.25) is 0 Å². The quantitative estimate of drug-likeness (QED) is 0.555. The third-order valence-corrected chi connectivity index (χ3v) is 2.77. The number of carbonyl (C=O) groups excluding carboxylic acids is 1. The van der Waals surface area contributed by atoms with Crippen LogP contribution in [0.25, 0.3) is 0 Å². The van der Waals surface area contributed by atoms with E-state index in [0.29, 0.717) is 17.6 Å². The highest BCUT2D eigenvalue weighted by Gasteiger charge is 2.33. The molecule has 1 saturated carbocycles. The van der Waals surface area contributed by atoms with Crippen molar-refractivity contribution in [2.45, 2.75) is 26.7 Å². The summed E-state index contributed by atoms with van der Waals surface area (Å²) >= 11 is 0. The van der Waals surface area contributed by atoms with Crippen LogP contribution in [0, 0.1) is 17.8 Å². The van der Waals surface area contributed by atoms with Crippen molar-refractivity contribution in [1.29, 1.82) is 0 Å². The predicted octanol–water partition coefficient (Wildman–Crippen LogP) is 2.42. The van der Waals surface area contributed by atoms with E-state index >= 15 is 0 Å². The molecule has 1 rings (SSSR count). The predicted molar refractivity (Wildman–Crippen MR) is 46.3 cm³/mol. The Morgan fingerprint density at radius 1 is 1.73 bits per heavy atom. The van der Waals surface area contributed by atoms with E-state index in [1.165, 1.54) is 0 Å². The van der Waals surface area contributed by atoms with Gasteiger partial charge in [-0.05, 0) is 18.3 Å². The van der Waals surface area contributed by atoms with Gasteiger partial charge in [-0.3, -0.25) is 4.79 Å². The van der Waals surface area contributed by atoms with E-state index in [9.17, 15) is 4.79 Å². The van der Waals surface area contributed by atoms with Crippen molar-refractivity contribution in [3.05, 3.63) is 12.7 Å². The number of hydrogen-bond acceptors (Lipinski definition) is 1. The Morgan fingerprint density at radius 3 is 2.73 bits per heavy atom. The highest BCUT2D eigenvalue weighted by Crippen LogP contribution is 2.33. The van der Waals surface area contributed by atoms with Gasteiger partial charge in [0.2, 0.25) is 0 Å². The lowest BCUT2D eigenvalue weighted by molar-refractivity contribution is -0.122. The molecule has 1 heteroatoms. The molecular formula is C10H16O. The minimum atomic E-state index is 0.257. The first-order valence-corrected chi connectivity index (χ1v) is 4.32. The standard InChI is InChI=1S/C10H16O/c1-4-7(2)10-8(3)5-6-9(10)11/h4,7-8,10H,1,5-6H2,2-3H3/t7-,8-,10+/m1/s1. The molecular weight excluding hydrogens is 136 g/mol. The van der Waals surface area contributed by atoms with E-state index in [1.54, 1.807) is 0 Å². The Morgan fingerprint density at radius 2 is 2.36 bits per heavy atom. The molecule has 0 saturated heterocycles. The van der Waals surface area contributed by atoms with E-state index < -0.39 is 0 Å². The Labute approximate surface area is 68.5 Å². The van der Waals surface area contributed by atoms with Crippen LogP contribution < -0.4 is 0 Å². The van der Waals surface area contributed by atoms with Crippen LogP contribution in [0.4, 0.5) is 0 Å². The Hall–Kier alpha value is -0.590. The maximum absolute atomic E-state index is 11.3. The van der Waals surface area contributed by atoms with E-state index in [0.717, 1.165) is 12.8 Å². The van der Waals surface area contributed by atoms with Crippen LogP contribution in [0.1, 0.15) is 26.7 Å². The molecule has 0 aliphatic heterocycles. The number of hydrogen-bond donors (Lipinski definition) is 0. The lowest BCUT2D eigenvalue weighted by Gasteiger charge is -2.18. The molecule has 1 aliphatic rings. The van der Waals surface area contributed by atoms with Crippen molar-refractivity contribution in [3.8, 4) is 0 Å². The fourth-order valence-corrected chi connectivity index (χ4v) is 1.99. The fourth-order valence-electron chi connectivity index (χ4n) is 1.99. The van der Waals surface area contributed by atoms with E-state index in [1.807, 2.05) is 6.08 Å². The van der Waals surface area contributed by atoms with Crippen LogP contribution >= 0.6 is 0 Å². The first-order valence-electron chi connectivity index (χ1n) is 4.32. The average molecular weight is 152 g/mol. The van der Waals surface area contributed by atoms with Crippen LogP contribution in [0.3, 0.4) is 0 Å². The Balaban J connectivity index is 2.67. The van der Waals surface area contributed by atoms with Gasteiger partial charge in [-0.1, -0.05) is 19.9 Å². The maximum Gasteiger partial charge on any atom is 0.136 e. The van der Waals surface area contributed by atoms with Crippen molar-refractivity contribution >= 4 is 5.78 Å². The van der Waals surface area contributed by atoms with Gasteiger partial charge in [-0.25, -0.2) is 0 Å². The number of Topliss-reactive ketones (excluding diaryl/α,β-unsaturated/α-hetero) is 1. The smallest absolute Gasteiger partial charge is 0.136 e. The summed E-state index contributed by atoms with van der Waals surface area (Å²) in [7, 11) is 0. The molecule has 1 fully saturated rings. The SMILES string of the molecule is C=C[C@@H](C)[C@@H]1C(=O)CC[C@H]1C. The third-order valence-electron chi connectivity index (χ3n) is 2.77. The van der Waals surface area contributed by atoms with Gasteiger partial charge in [0.05, 0.1) is 0 Å². The zero-order valence-electron chi connectivity index (χ0n) is 7.34. The molecule has 0 aromatic carbocycles. The van der Waals surface area contributed by atoms with Gasteiger partial charge < -0.3 is 0 Å². The van der Waals surface area contributed by atoms with Crippen LogP contribution in [-0.4, -0.2) is 5.78 Å². The van der Waals surface area contributed by atoms with E-state index in [-0.39, 0.29) is 5.92 Å². The lowest BCUT2D eigenvalue weighted by Crippen LogP contribution is -2.19. The largest absolute Gasteiger partial charge is 0.299 e. The van der Waals surface area contributed by atoms with Gasteiger partial charge in [0.1, 0.15) is 5.78 Å². The minimum Gasteiger partial charge on any atom is -0.299 e. The summed E-state index contributed by atoms with van der Waals surface area (Å²) in [4.78, 5) is 11.3. The summed E-state index contributed by atoms with van der Waals surface area (Å²) in [5.74, 6) is 1.62. The molecule has 0 heterocycles. The molecule has 62 valence electrons. The second-order valence-corrected chi connectivity index (χ2v) is 3.60. The van der Waals surface area contributed by atoms with Gasteiger partial charge in [0.25, 0.3) is 0 Å². The van der Waals surface area contributed by atoms with E-state index in [4.69, 9.17) is 0 Å². The maximum atomic E-state index is 11.3. The molecule has 0 aromatic heterocycles. The zero-order valence-corrected chi connectivity index (χ0v) is 7.34. The van der Waals surface area contributed by atoms with Crippen molar-refractivity contribution < 1.29 is 4.79 Å². The number of ketones is 1. The minimum absolute atomic E-state index is 0.257. The average Bonchev–Trinajstić information content (AvgIpc) is 2.30. The van der Waals surface area contributed by atoms with Crippen LogP contribution in [0.15, 0.2) is 12.7 Å². The summed E-state index contributed by atoms with van der Waals surface area (Å²) < 4.78 is 0. The highest BCUT2D eigenvalue weighted by molar-refractivity contribution is 5.83. The molecule has 3 atom stereocenters. The topological polar surface area (TPSA) is 17.1 Å². The summed E-state index contributed by atoms with van der Waals surface area (Å²) in [6, 6.07) is 0. The van der Waals surface area contributed by atoms with Gasteiger partial charge in [-0.2, -0.15) is 0 Å². The normalized spacial score (nSPS) is 33.8. The number of allylic oxidation sites excluding steroid dienone is 1. The number of carbonyl (C=O) groups is 1. The second-order valence-electron chi connectivity index (χ2n) is 3.60. The molecule has 0 bridgehead atoms. The molecule has 1 nitrogen and oxygen atoms in total. The Kier molecular flexibility index (Phi) is 2.48. The molecule has 0 N–H and O–H groups in total. The lowest BCUT2D eigenvalue weighted by atomic mass is 9.86. The molecule has 0 amide bonds. The molecule has 0 spiro atoms. The fraction of sp³-hybridized carbons (Fsp3) is 0.700. The summed E-state index contributed by atoms with van der Waals surface area (Å²) in [5, 5.41) is 0. The monoisotopic (exact) mass is 152 g/mol. The van der Waals surface area contributed by atoms with Crippen molar-refractivity contribution in [1.82, 2.24) is 0 Å². The molecule has 0 radical (unpaired) electrons. The van der Waals surface area contributed by atoms with Crippen LogP contribution in [-0.2, 0) is 4.79 Å². The summed E-state index contributed by atoms with van der Waals surface area (Å²) in [5.41, 5.74) is 0. The first-order chi connectivity index (χ1) is 5.16. The van der Waals surface area contributed by atoms with Crippen molar-refractivity contribution in [2.75, 3.05) is 0 Å². The third kappa shape index (κ3) is 1.52. The van der Waals surface area contributed by atoms with Crippen molar-refractivity contribution in [2.24, 2.45) is 17.8 Å². The molecule has 11 heavy (non-hydrogen) atoms. The van der Waals surface area contributed by atoms with E-state index in [2.05, 4.69) is 20.4 Å². The first kappa shape index (κ1) is 8.51. The second kappa shape index (κ2) is 3.21. The van der Waals surface area contributed by atoms with Gasteiger partial charge in [-0.15, -0.1) is 6.58 Å². The molecule has 0 aromatic rings. The number of rotatable bonds is 2. The van der Waals surface area contributed by atoms with Gasteiger partial charge in [0.15, 0.2) is 0 Å². The Bertz CT molecular complexity index is 172. The van der Waals surface area contributed by atoms with Crippen LogP contribution in [0.5, 0.6) is 0 Å². The zero-order chi connectivity index (χ0) is 8.43.